The van der Waals surface area contributed by atoms with Gasteiger partial charge in [-0.1, -0.05) is 13.8 Å². The standard InChI is InChI=1S/C15H23N3O3S.ClH/c1-15(2)10-18(9-8-13(15)16)14(19)11-4-6-12(7-5-11)17-22(3,20)21;/h4-7,13,17H,8-10,16H2,1-3H3;1H. The van der Waals surface area contributed by atoms with E-state index in [4.69, 9.17) is 5.73 Å². The van der Waals surface area contributed by atoms with Crippen molar-refractivity contribution in [3.05, 3.63) is 29.8 Å². The summed E-state index contributed by atoms with van der Waals surface area (Å²) in [6.45, 7) is 5.40. The number of sulfonamides is 1. The minimum atomic E-state index is -3.31. The van der Waals surface area contributed by atoms with Gasteiger partial charge in [0.2, 0.25) is 10.0 Å². The number of halogens is 1. The summed E-state index contributed by atoms with van der Waals surface area (Å²) in [4.78, 5) is 14.3. The molecule has 130 valence electrons. The van der Waals surface area contributed by atoms with Crippen LogP contribution in [0.25, 0.3) is 0 Å². The van der Waals surface area contributed by atoms with Crippen molar-refractivity contribution in [1.29, 1.82) is 0 Å². The van der Waals surface area contributed by atoms with E-state index < -0.39 is 10.0 Å². The van der Waals surface area contributed by atoms with E-state index in [2.05, 4.69) is 18.6 Å². The fraction of sp³-hybridized carbons (Fsp3) is 0.533. The molecule has 0 aliphatic carbocycles. The van der Waals surface area contributed by atoms with E-state index in [9.17, 15) is 13.2 Å². The van der Waals surface area contributed by atoms with Crippen LogP contribution < -0.4 is 10.5 Å². The van der Waals surface area contributed by atoms with Crippen molar-refractivity contribution in [2.24, 2.45) is 11.1 Å². The quantitative estimate of drug-likeness (QED) is 0.856. The minimum absolute atomic E-state index is 0. The van der Waals surface area contributed by atoms with Crippen LogP contribution in [0.1, 0.15) is 30.6 Å². The Balaban J connectivity index is 0.00000264. The largest absolute Gasteiger partial charge is 0.338 e. The van der Waals surface area contributed by atoms with Crippen LogP contribution in [0.5, 0.6) is 0 Å². The molecule has 1 atom stereocenters. The first-order valence-electron chi connectivity index (χ1n) is 7.21. The number of nitrogens with two attached hydrogens (primary N) is 1. The van der Waals surface area contributed by atoms with Gasteiger partial charge in [0.15, 0.2) is 0 Å². The van der Waals surface area contributed by atoms with Crippen LogP contribution in [0.15, 0.2) is 24.3 Å². The molecule has 1 aromatic carbocycles. The molecule has 0 spiro atoms. The van der Waals surface area contributed by atoms with Gasteiger partial charge < -0.3 is 10.6 Å². The molecule has 1 saturated heterocycles. The van der Waals surface area contributed by atoms with Crippen LogP contribution in [0.3, 0.4) is 0 Å². The van der Waals surface area contributed by atoms with E-state index in [0.717, 1.165) is 12.7 Å². The summed E-state index contributed by atoms with van der Waals surface area (Å²) >= 11 is 0. The maximum Gasteiger partial charge on any atom is 0.253 e. The summed E-state index contributed by atoms with van der Waals surface area (Å²) in [6.07, 6.45) is 1.87. The number of amides is 1. The Hall–Kier alpha value is -1.31. The van der Waals surface area contributed by atoms with Crippen LogP contribution in [0, 0.1) is 5.41 Å². The number of nitrogens with zero attached hydrogens (tertiary/aromatic N) is 1. The number of hydrogen-bond donors (Lipinski definition) is 2. The fourth-order valence-corrected chi connectivity index (χ4v) is 3.19. The van der Waals surface area contributed by atoms with Crippen molar-refractivity contribution >= 4 is 34.0 Å². The molecule has 0 bridgehead atoms. The summed E-state index contributed by atoms with van der Waals surface area (Å²) in [7, 11) is -3.31. The molecule has 1 aliphatic heterocycles. The highest BCUT2D eigenvalue weighted by molar-refractivity contribution is 7.92. The van der Waals surface area contributed by atoms with Gasteiger partial charge >= 0.3 is 0 Å². The first-order chi connectivity index (χ1) is 10.1. The summed E-state index contributed by atoms with van der Waals surface area (Å²) in [5, 5.41) is 0. The van der Waals surface area contributed by atoms with Gasteiger partial charge in [-0.15, -0.1) is 12.4 Å². The lowest BCUT2D eigenvalue weighted by Crippen LogP contribution is -2.53. The van der Waals surface area contributed by atoms with Crippen LogP contribution in [-0.2, 0) is 10.0 Å². The van der Waals surface area contributed by atoms with E-state index in [1.807, 2.05) is 4.90 Å². The van der Waals surface area contributed by atoms with Crippen molar-refractivity contribution < 1.29 is 13.2 Å². The molecule has 0 radical (unpaired) electrons. The van der Waals surface area contributed by atoms with Crippen LogP contribution in [-0.4, -0.2) is 44.6 Å². The Kier molecular flexibility index (Phi) is 6.06. The number of rotatable bonds is 3. The molecule has 2 rings (SSSR count). The average Bonchev–Trinajstić information content (AvgIpc) is 2.40. The van der Waals surface area contributed by atoms with Gasteiger partial charge in [-0.05, 0) is 36.1 Å². The highest BCUT2D eigenvalue weighted by Crippen LogP contribution is 2.28. The molecule has 3 N–H and O–H groups in total. The van der Waals surface area contributed by atoms with E-state index in [1.165, 1.54) is 0 Å². The highest BCUT2D eigenvalue weighted by atomic mass is 35.5. The van der Waals surface area contributed by atoms with Crippen molar-refractivity contribution in [2.75, 3.05) is 24.1 Å². The van der Waals surface area contributed by atoms with Crippen LogP contribution in [0.2, 0.25) is 0 Å². The molecule has 6 nitrogen and oxygen atoms in total. The van der Waals surface area contributed by atoms with Gasteiger partial charge in [0, 0.05) is 30.4 Å². The predicted molar refractivity (Wildman–Crippen MR) is 94.4 cm³/mol. The fourth-order valence-electron chi connectivity index (χ4n) is 2.62. The number of likely N-dealkylation sites (tertiary alicyclic amines) is 1. The third-order valence-corrected chi connectivity index (χ3v) is 4.64. The Labute approximate surface area is 143 Å². The van der Waals surface area contributed by atoms with Gasteiger partial charge in [-0.3, -0.25) is 9.52 Å². The highest BCUT2D eigenvalue weighted by Gasteiger charge is 2.35. The molecule has 23 heavy (non-hydrogen) atoms. The third-order valence-electron chi connectivity index (χ3n) is 4.03. The zero-order valence-corrected chi connectivity index (χ0v) is 15.2. The maximum absolute atomic E-state index is 12.5. The zero-order chi connectivity index (χ0) is 16.5. The lowest BCUT2D eigenvalue weighted by Gasteiger charge is -2.42. The number of nitrogens with one attached hydrogen (secondary N) is 1. The Morgan fingerprint density at radius 3 is 2.35 bits per heavy atom. The first-order valence-corrected chi connectivity index (χ1v) is 9.10. The van der Waals surface area contributed by atoms with Crippen LogP contribution in [0.4, 0.5) is 5.69 Å². The molecule has 1 heterocycles. The molecular formula is C15H24ClN3O3S. The normalized spacial score (nSPS) is 20.5. The second-order valence-electron chi connectivity index (χ2n) is 6.56. The number of carbonyl (C=O) groups excluding carboxylic acids is 1. The predicted octanol–water partition coefficient (Wildman–Crippen LogP) is 1.68. The molecular weight excluding hydrogens is 338 g/mol. The Bertz CT molecular complexity index is 659. The summed E-state index contributed by atoms with van der Waals surface area (Å²) in [5.74, 6) is -0.0501. The molecule has 0 aromatic heterocycles. The molecule has 1 fully saturated rings. The van der Waals surface area contributed by atoms with Gasteiger partial charge in [0.1, 0.15) is 0 Å². The summed E-state index contributed by atoms with van der Waals surface area (Å²) < 4.78 is 24.7. The summed E-state index contributed by atoms with van der Waals surface area (Å²) in [5.41, 5.74) is 6.97. The number of piperidine rings is 1. The lowest BCUT2D eigenvalue weighted by atomic mass is 9.79. The van der Waals surface area contributed by atoms with Crippen molar-refractivity contribution in [3.63, 3.8) is 0 Å². The second kappa shape index (κ2) is 7.07. The summed E-state index contributed by atoms with van der Waals surface area (Å²) in [6, 6.07) is 6.55. The lowest BCUT2D eigenvalue weighted by molar-refractivity contribution is 0.0533. The maximum atomic E-state index is 12.5. The van der Waals surface area contributed by atoms with E-state index >= 15 is 0 Å². The van der Waals surface area contributed by atoms with Crippen molar-refractivity contribution in [1.82, 2.24) is 4.90 Å². The van der Waals surface area contributed by atoms with Crippen molar-refractivity contribution in [2.45, 2.75) is 26.3 Å². The van der Waals surface area contributed by atoms with E-state index in [1.54, 1.807) is 24.3 Å². The number of anilines is 1. The SMILES string of the molecule is CC1(C)CN(C(=O)c2ccc(NS(C)(=O)=O)cc2)CCC1N.Cl. The van der Waals surface area contributed by atoms with Gasteiger partial charge in [0.25, 0.3) is 5.91 Å². The van der Waals surface area contributed by atoms with E-state index in [-0.39, 0.29) is 29.8 Å². The first kappa shape index (κ1) is 19.7. The molecule has 1 aliphatic rings. The third kappa shape index (κ3) is 5.09. The van der Waals surface area contributed by atoms with Crippen molar-refractivity contribution in [3.8, 4) is 0 Å². The smallest absolute Gasteiger partial charge is 0.253 e. The van der Waals surface area contributed by atoms with Crippen LogP contribution >= 0.6 is 12.4 Å². The number of benzene rings is 1. The monoisotopic (exact) mass is 361 g/mol. The topological polar surface area (TPSA) is 92.5 Å². The molecule has 1 aromatic rings. The number of carbonyl (C=O) groups is 1. The Morgan fingerprint density at radius 2 is 1.87 bits per heavy atom. The molecule has 1 amide bonds. The van der Waals surface area contributed by atoms with Gasteiger partial charge in [0.05, 0.1) is 6.26 Å². The molecule has 8 heteroatoms. The molecule has 1 unspecified atom stereocenters. The average molecular weight is 362 g/mol. The van der Waals surface area contributed by atoms with E-state index in [0.29, 0.717) is 24.3 Å². The number of hydrogen-bond acceptors (Lipinski definition) is 4. The van der Waals surface area contributed by atoms with Gasteiger partial charge in [-0.2, -0.15) is 0 Å². The minimum Gasteiger partial charge on any atom is -0.338 e. The molecule has 0 saturated carbocycles. The zero-order valence-electron chi connectivity index (χ0n) is 13.6. The Morgan fingerprint density at radius 1 is 1.30 bits per heavy atom. The second-order valence-corrected chi connectivity index (χ2v) is 8.31. The van der Waals surface area contributed by atoms with Gasteiger partial charge in [-0.25, -0.2) is 8.42 Å².